The third kappa shape index (κ3) is 11.5. The van der Waals surface area contributed by atoms with Gasteiger partial charge in [0.1, 0.15) is 68.2 Å². The molecule has 17 heteroatoms. The fourth-order valence-electron chi connectivity index (χ4n) is 4.33. The van der Waals surface area contributed by atoms with Crippen LogP contribution in [0.3, 0.4) is 0 Å². The van der Waals surface area contributed by atoms with Gasteiger partial charge in [-0.15, -0.1) is 0 Å². The van der Waals surface area contributed by atoms with Gasteiger partial charge in [0.2, 0.25) is 11.8 Å². The number of amides is 2. The number of aromatic amines is 1. The number of nitrogens with zero attached hydrogens (tertiary/aromatic N) is 5. The molecule has 2 amide bonds. The minimum atomic E-state index is -0.188. The summed E-state index contributed by atoms with van der Waals surface area (Å²) in [5.74, 6) is 0.272. The Morgan fingerprint density at radius 1 is 0.808 bits per heavy atom. The van der Waals surface area contributed by atoms with E-state index in [9.17, 15) is 40.8 Å². The number of phenolic OH excluding ortho intramolecular Hbond substituents is 2. The number of nitrogens with two attached hydrogens (primary N) is 2. The molecule has 4 rings (SSSR count). The minimum Gasteiger partial charge on any atom is -0.508 e. The highest BCUT2D eigenvalue weighted by Crippen LogP contribution is 2.36. The highest BCUT2D eigenvalue weighted by atomic mass is 79.9. The Morgan fingerprint density at radius 3 is 1.71 bits per heavy atom. The van der Waals surface area contributed by atoms with Crippen molar-refractivity contribution < 1.29 is 19.8 Å². The number of aromatic hydroxyl groups is 2. The van der Waals surface area contributed by atoms with Crippen LogP contribution in [-0.2, 0) is 9.59 Å². The fourth-order valence-corrected chi connectivity index (χ4v) is 5.78. The fraction of sp³-hybridized carbons (Fsp3) is 0.200. The van der Waals surface area contributed by atoms with Gasteiger partial charge in [0.05, 0.1) is 16.9 Å². The molecule has 0 aliphatic heterocycles. The van der Waals surface area contributed by atoms with E-state index in [0.29, 0.717) is 35.2 Å². The number of phenols is 2. The van der Waals surface area contributed by atoms with Crippen molar-refractivity contribution in [1.29, 1.82) is 21.0 Å². The first-order valence-electron chi connectivity index (χ1n) is 15.2. The van der Waals surface area contributed by atoms with Gasteiger partial charge in [-0.2, -0.15) is 21.0 Å². The summed E-state index contributed by atoms with van der Waals surface area (Å²) in [6.45, 7) is 4.95. The summed E-state index contributed by atoms with van der Waals surface area (Å²) in [7, 11) is 0. The number of nitrogen functional groups attached to an aromatic ring is 2. The molecule has 0 atom stereocenters. The Bertz CT molecular complexity index is 2120. The number of aromatic nitrogens is 2. The number of carbonyl (C=O) groups excluding carboxylic acids is 2. The number of nitrogens with one attached hydrogen (secondary N) is 3. The zero-order valence-electron chi connectivity index (χ0n) is 28.0. The Kier molecular flexibility index (Phi) is 17.1. The van der Waals surface area contributed by atoms with Crippen molar-refractivity contribution in [3.8, 4) is 58.0 Å². The van der Waals surface area contributed by atoms with Crippen molar-refractivity contribution in [2.45, 2.75) is 25.3 Å². The van der Waals surface area contributed by atoms with Gasteiger partial charge in [0.15, 0.2) is 0 Å². The average molecular weight is 802 g/mol. The van der Waals surface area contributed by atoms with E-state index in [-0.39, 0.29) is 72.6 Å². The van der Waals surface area contributed by atoms with Gasteiger partial charge < -0.3 is 37.3 Å². The van der Waals surface area contributed by atoms with Gasteiger partial charge in [-0.25, -0.2) is 4.98 Å². The number of hydrogen-bond donors (Lipinski definition) is 7. The van der Waals surface area contributed by atoms with E-state index in [1.165, 1.54) is 24.3 Å². The number of thioether (sulfide) groups is 1. The smallest absolute Gasteiger partial charge is 0.230 e. The van der Waals surface area contributed by atoms with E-state index in [2.05, 4.69) is 42.6 Å². The van der Waals surface area contributed by atoms with Gasteiger partial charge in [0.25, 0.3) is 0 Å². The number of rotatable bonds is 9. The second-order valence-corrected chi connectivity index (χ2v) is 12.3. The molecule has 4 aromatic rings. The molecule has 9 N–H and O–H groups in total. The molecule has 2 aromatic carbocycles. The monoisotopic (exact) mass is 800 g/mol. The lowest BCUT2D eigenvalue weighted by Gasteiger charge is -2.13. The van der Waals surface area contributed by atoms with E-state index in [1.54, 1.807) is 24.3 Å². The molecule has 0 spiro atoms. The van der Waals surface area contributed by atoms with Crippen molar-refractivity contribution in [2.24, 2.45) is 0 Å². The summed E-state index contributed by atoms with van der Waals surface area (Å²) >= 11 is 9.28. The molecular weight excluding hydrogens is 768 g/mol. The van der Waals surface area contributed by atoms with Crippen LogP contribution in [0.5, 0.6) is 11.5 Å². The number of carbonyl (C=O) groups is 2. The van der Waals surface area contributed by atoms with Crippen LogP contribution in [0.25, 0.3) is 22.3 Å². The Labute approximate surface area is 317 Å². The maximum Gasteiger partial charge on any atom is 0.230 e. The minimum absolute atomic E-state index is 0.0111. The summed E-state index contributed by atoms with van der Waals surface area (Å²) in [4.78, 5) is 28.9. The number of alkyl halides is 1. The van der Waals surface area contributed by atoms with Crippen LogP contribution in [0.4, 0.5) is 11.6 Å². The topological polar surface area (TPSA) is 275 Å². The zero-order valence-corrected chi connectivity index (χ0v) is 31.2. The summed E-state index contributed by atoms with van der Waals surface area (Å²) in [6, 6.07) is 20.2. The summed E-state index contributed by atoms with van der Waals surface area (Å²) in [6.07, 6.45) is 0.577. The van der Waals surface area contributed by atoms with Gasteiger partial charge in [-0.05, 0) is 49.2 Å². The Morgan fingerprint density at radius 2 is 1.27 bits per heavy atom. The number of hydrogen-bond acceptors (Lipinski definition) is 13. The predicted octanol–water partition coefficient (Wildman–Crippen LogP) is 5.36. The molecule has 0 fully saturated rings. The van der Waals surface area contributed by atoms with E-state index < -0.39 is 0 Å². The molecular formula is C35H33BrN10O4S2. The number of halogens is 1. The summed E-state index contributed by atoms with van der Waals surface area (Å²) in [5.41, 5.74) is 14.1. The average Bonchev–Trinajstić information content (AvgIpc) is 3.12. The van der Waals surface area contributed by atoms with Crippen LogP contribution in [0, 0.1) is 50.0 Å². The highest BCUT2D eigenvalue weighted by Gasteiger charge is 2.21. The molecule has 2 aromatic heterocycles. The van der Waals surface area contributed by atoms with Crippen molar-refractivity contribution >= 4 is 63.4 Å². The van der Waals surface area contributed by atoms with Crippen LogP contribution < -0.4 is 22.1 Å². The molecule has 0 radical (unpaired) electrons. The number of benzene rings is 2. The second kappa shape index (κ2) is 21.2. The lowest BCUT2D eigenvalue weighted by atomic mass is 9.97. The molecule has 0 saturated carbocycles. The lowest BCUT2D eigenvalue weighted by molar-refractivity contribution is -0.120. The predicted molar refractivity (Wildman–Crippen MR) is 204 cm³/mol. The largest absolute Gasteiger partial charge is 0.508 e. The molecule has 52 heavy (non-hydrogen) atoms. The van der Waals surface area contributed by atoms with Crippen LogP contribution in [0.2, 0.25) is 0 Å². The number of anilines is 2. The standard InChI is InChI=1S/C17H15N5O2S.C13H8N4OS.C5H10BrNO/c1-2-21-14(24)9-25-17-13(8-19)15(12(7-18)16(20)22-17)10-3-5-11(23)6-4-10;14-5-9-11(7-1-3-8(18)4-2-7)10(6-15)13(19)17-12(9)16;1-2-7-5(8)3-4-6/h3-6,23H,2,9H2,1H3,(H2,20,22)(H,21,24);1-4,18H,(H3,16,17,19);2-4H2,1H3,(H,7,8). The highest BCUT2D eigenvalue weighted by molar-refractivity contribution is 9.09. The van der Waals surface area contributed by atoms with Crippen molar-refractivity contribution in [3.63, 3.8) is 0 Å². The Balaban J connectivity index is 0.000000305. The molecule has 14 nitrogen and oxygen atoms in total. The van der Waals surface area contributed by atoms with E-state index in [4.69, 9.17) is 23.7 Å². The lowest BCUT2D eigenvalue weighted by Crippen LogP contribution is -2.24. The van der Waals surface area contributed by atoms with Gasteiger partial charge in [0, 0.05) is 36.0 Å². The molecule has 0 aliphatic rings. The van der Waals surface area contributed by atoms with Gasteiger partial charge in [-0.3, -0.25) is 9.59 Å². The van der Waals surface area contributed by atoms with Crippen molar-refractivity contribution in [1.82, 2.24) is 20.6 Å². The molecule has 2 heterocycles. The molecule has 0 bridgehead atoms. The van der Waals surface area contributed by atoms with Crippen LogP contribution in [0.1, 0.15) is 42.5 Å². The third-order valence-electron chi connectivity index (χ3n) is 6.61. The third-order valence-corrected chi connectivity index (χ3v) is 8.28. The van der Waals surface area contributed by atoms with E-state index in [0.717, 1.165) is 23.6 Å². The second-order valence-electron chi connectivity index (χ2n) is 10.1. The first-order chi connectivity index (χ1) is 24.9. The molecule has 0 saturated heterocycles. The number of nitriles is 4. The molecule has 0 unspecified atom stereocenters. The SMILES string of the molecule is CCNC(=O)CCBr.CCNC(=O)CSc1nc(N)c(C#N)c(-c2ccc(O)cc2)c1C#N.N#Cc1c(N)[nH]c(=S)c(C#N)c1-c1ccc(O)cc1. The number of pyridine rings is 2. The quantitative estimate of drug-likeness (QED) is 0.0639. The summed E-state index contributed by atoms with van der Waals surface area (Å²) < 4.78 is 0.182. The van der Waals surface area contributed by atoms with Crippen molar-refractivity contribution in [2.75, 3.05) is 35.6 Å². The summed E-state index contributed by atoms with van der Waals surface area (Å²) in [5, 5.41) is 62.5. The maximum atomic E-state index is 11.7. The number of H-pyrrole nitrogens is 1. The van der Waals surface area contributed by atoms with Crippen LogP contribution in [0.15, 0.2) is 53.6 Å². The normalized spacial score (nSPS) is 9.60. The zero-order chi connectivity index (χ0) is 38.8. The van der Waals surface area contributed by atoms with E-state index in [1.807, 2.05) is 32.1 Å². The van der Waals surface area contributed by atoms with Crippen LogP contribution >= 0.6 is 39.9 Å². The van der Waals surface area contributed by atoms with Gasteiger partial charge in [-0.1, -0.05) is 64.2 Å². The molecule has 0 aliphatic carbocycles. The maximum absolute atomic E-state index is 11.7. The first kappa shape index (κ1) is 42.1. The first-order valence-corrected chi connectivity index (χ1v) is 17.7. The Hall–Kier alpha value is -6.11. The molecule has 266 valence electrons. The van der Waals surface area contributed by atoms with Crippen molar-refractivity contribution in [3.05, 3.63) is 75.4 Å². The van der Waals surface area contributed by atoms with Crippen LogP contribution in [-0.4, -0.2) is 56.2 Å². The van der Waals surface area contributed by atoms with Gasteiger partial charge >= 0.3 is 0 Å². The van der Waals surface area contributed by atoms with E-state index >= 15 is 0 Å².